The molecule has 2 N–H and O–H groups in total. The van der Waals surface area contributed by atoms with Crippen LogP contribution in [0.2, 0.25) is 0 Å². The van der Waals surface area contributed by atoms with Crippen LogP contribution in [0.5, 0.6) is 0 Å². The first-order valence-corrected chi connectivity index (χ1v) is 11.1. The predicted molar refractivity (Wildman–Crippen MR) is 124 cm³/mol. The van der Waals surface area contributed by atoms with Crippen LogP contribution in [0.25, 0.3) is 33.0 Å². The van der Waals surface area contributed by atoms with E-state index in [2.05, 4.69) is 20.5 Å². The highest BCUT2D eigenvalue weighted by atomic mass is 16.3. The first-order chi connectivity index (χ1) is 15.7. The van der Waals surface area contributed by atoms with Crippen molar-refractivity contribution < 1.29 is 14.7 Å². The van der Waals surface area contributed by atoms with Crippen molar-refractivity contribution in [2.75, 3.05) is 6.61 Å². The lowest BCUT2D eigenvalue weighted by atomic mass is 9.94. The quantitative estimate of drug-likeness (QED) is 0.481. The molecule has 2 aromatic heterocycles. The van der Waals surface area contributed by atoms with Gasteiger partial charge in [0.2, 0.25) is 0 Å². The van der Waals surface area contributed by atoms with Gasteiger partial charge in [-0.15, -0.1) is 0 Å². The second-order valence-electron chi connectivity index (χ2n) is 8.52. The summed E-state index contributed by atoms with van der Waals surface area (Å²) in [5.74, 6) is -0.706. The number of nitrogens with one attached hydrogen (secondary N) is 1. The second-order valence-corrected chi connectivity index (χ2v) is 8.52. The number of para-hydroxylation sites is 2. The molecule has 32 heavy (non-hydrogen) atoms. The molecule has 6 heteroatoms. The van der Waals surface area contributed by atoms with E-state index in [1.54, 1.807) is 0 Å². The van der Waals surface area contributed by atoms with Gasteiger partial charge in [0.05, 0.1) is 16.7 Å². The zero-order valence-electron chi connectivity index (χ0n) is 17.6. The first kappa shape index (κ1) is 19.1. The summed E-state index contributed by atoms with van der Waals surface area (Å²) in [4.78, 5) is 26.2. The molecule has 0 radical (unpaired) electrons. The lowest BCUT2D eigenvalue weighted by molar-refractivity contribution is -0.122. The Labute approximate surface area is 184 Å². The third kappa shape index (κ3) is 2.69. The molecular weight excluding hydrogens is 402 g/mol. The van der Waals surface area contributed by atoms with Gasteiger partial charge < -0.3 is 14.2 Å². The van der Waals surface area contributed by atoms with Crippen molar-refractivity contribution >= 4 is 44.8 Å². The lowest BCUT2D eigenvalue weighted by Crippen LogP contribution is -2.22. The fraction of sp³-hybridized carbons (Fsp3) is 0.231. The Morgan fingerprint density at radius 1 is 0.906 bits per heavy atom. The van der Waals surface area contributed by atoms with Crippen LogP contribution >= 0.6 is 0 Å². The van der Waals surface area contributed by atoms with Gasteiger partial charge in [-0.05, 0) is 30.9 Å². The highest BCUT2D eigenvalue weighted by Crippen LogP contribution is 2.40. The van der Waals surface area contributed by atoms with Gasteiger partial charge >= 0.3 is 0 Å². The van der Waals surface area contributed by atoms with Gasteiger partial charge in [0.1, 0.15) is 0 Å². The van der Waals surface area contributed by atoms with E-state index in [9.17, 15) is 14.7 Å². The van der Waals surface area contributed by atoms with E-state index in [0.29, 0.717) is 24.1 Å². The van der Waals surface area contributed by atoms with Crippen LogP contribution in [0.1, 0.15) is 29.5 Å². The smallest absolute Gasteiger partial charge is 0.259 e. The Kier molecular flexibility index (Phi) is 4.30. The monoisotopic (exact) mass is 425 g/mol. The number of aliphatic hydroxyl groups excluding tert-OH is 1. The molecule has 2 aliphatic heterocycles. The molecule has 0 bridgehead atoms. The Morgan fingerprint density at radius 2 is 1.66 bits per heavy atom. The number of carbonyl (C=O) groups excluding carboxylic acids is 2. The third-order valence-corrected chi connectivity index (χ3v) is 6.64. The van der Waals surface area contributed by atoms with Crippen molar-refractivity contribution in [3.05, 3.63) is 71.5 Å². The Balaban J connectivity index is 1.64. The summed E-state index contributed by atoms with van der Waals surface area (Å²) in [6, 6.07) is 14.1. The summed E-state index contributed by atoms with van der Waals surface area (Å²) < 4.78 is 4.27. The number of imide groups is 1. The summed E-state index contributed by atoms with van der Waals surface area (Å²) >= 11 is 0. The van der Waals surface area contributed by atoms with Gasteiger partial charge in [-0.2, -0.15) is 0 Å². The minimum Gasteiger partial charge on any atom is -0.396 e. The molecule has 160 valence electrons. The van der Waals surface area contributed by atoms with Crippen LogP contribution in [0.4, 0.5) is 0 Å². The van der Waals surface area contributed by atoms with E-state index in [1.807, 2.05) is 48.8 Å². The van der Waals surface area contributed by atoms with Gasteiger partial charge in [-0.25, -0.2) is 0 Å². The van der Waals surface area contributed by atoms with Crippen molar-refractivity contribution in [3.63, 3.8) is 0 Å². The topological polar surface area (TPSA) is 76.3 Å². The van der Waals surface area contributed by atoms with Gasteiger partial charge in [0.15, 0.2) is 0 Å². The number of aromatic nitrogens is 2. The molecule has 0 aliphatic carbocycles. The van der Waals surface area contributed by atoms with E-state index in [1.165, 1.54) is 5.56 Å². The standard InChI is InChI=1S/C26H23N3O3/c30-13-5-12-28-14-19(17-8-1-2-10-21(17)28)22-23(26(32)27-25(22)31)20-15-29-11-4-7-16-6-3-9-18(20)24(16)29/h1-3,6,8-10,14-15,30H,4-5,7,11-13H2,(H,27,31,32). The van der Waals surface area contributed by atoms with E-state index < -0.39 is 0 Å². The third-order valence-electron chi connectivity index (χ3n) is 6.64. The Morgan fingerprint density at radius 3 is 2.47 bits per heavy atom. The molecule has 2 amide bonds. The van der Waals surface area contributed by atoms with Crippen LogP contribution in [0.15, 0.2) is 54.9 Å². The van der Waals surface area contributed by atoms with Gasteiger partial charge in [0.25, 0.3) is 11.8 Å². The molecule has 4 aromatic rings. The molecule has 0 unspecified atom stereocenters. The fourth-order valence-electron chi connectivity index (χ4n) is 5.30. The SMILES string of the molecule is O=C1NC(=O)C(c2cn3c4c(cccc24)CCC3)=C1c1cn(CCCO)c2ccccc12. The average Bonchev–Trinajstić information content (AvgIpc) is 3.44. The van der Waals surface area contributed by atoms with Gasteiger partial charge in [-0.3, -0.25) is 14.9 Å². The van der Waals surface area contributed by atoms with E-state index in [4.69, 9.17) is 0 Å². The predicted octanol–water partition coefficient (Wildman–Crippen LogP) is 3.49. The molecule has 6 rings (SSSR count). The summed E-state index contributed by atoms with van der Waals surface area (Å²) in [5, 5.41) is 13.8. The van der Waals surface area contributed by atoms with Crippen molar-refractivity contribution in [1.29, 1.82) is 0 Å². The second kappa shape index (κ2) is 7.21. The van der Waals surface area contributed by atoms with Crippen LogP contribution < -0.4 is 5.32 Å². The molecule has 4 heterocycles. The largest absolute Gasteiger partial charge is 0.396 e. The number of hydrogen-bond acceptors (Lipinski definition) is 3. The maximum atomic E-state index is 13.1. The molecule has 6 nitrogen and oxygen atoms in total. The fourth-order valence-corrected chi connectivity index (χ4v) is 5.30. The molecule has 0 atom stereocenters. The number of amides is 2. The maximum absolute atomic E-state index is 13.1. The van der Waals surface area contributed by atoms with Crippen LogP contribution in [0, 0.1) is 0 Å². The van der Waals surface area contributed by atoms with Crippen molar-refractivity contribution in [2.24, 2.45) is 0 Å². The number of nitrogens with zero attached hydrogens (tertiary/aromatic N) is 2. The number of carbonyl (C=O) groups is 2. The Bertz CT molecular complexity index is 1450. The molecular formula is C26H23N3O3. The van der Waals surface area contributed by atoms with Gasteiger partial charge in [-0.1, -0.05) is 36.4 Å². The molecule has 0 fully saturated rings. The van der Waals surface area contributed by atoms with Gasteiger partial charge in [0, 0.05) is 59.5 Å². The number of hydrogen-bond donors (Lipinski definition) is 2. The van der Waals surface area contributed by atoms with E-state index in [-0.39, 0.29) is 18.4 Å². The van der Waals surface area contributed by atoms with Crippen LogP contribution in [-0.2, 0) is 29.1 Å². The molecule has 0 saturated carbocycles. The summed E-state index contributed by atoms with van der Waals surface area (Å²) in [7, 11) is 0. The van der Waals surface area contributed by atoms with Crippen molar-refractivity contribution in [3.8, 4) is 0 Å². The summed E-state index contributed by atoms with van der Waals surface area (Å²) in [5.41, 5.74) is 5.88. The number of fused-ring (bicyclic) bond motifs is 1. The highest BCUT2D eigenvalue weighted by molar-refractivity contribution is 6.50. The first-order valence-electron chi connectivity index (χ1n) is 11.1. The van der Waals surface area contributed by atoms with Crippen molar-refractivity contribution in [2.45, 2.75) is 32.4 Å². The number of benzene rings is 2. The van der Waals surface area contributed by atoms with Crippen LogP contribution in [-0.4, -0.2) is 32.7 Å². The minimum absolute atomic E-state index is 0.0938. The number of aliphatic hydroxyl groups is 1. The molecule has 2 aromatic carbocycles. The van der Waals surface area contributed by atoms with E-state index >= 15 is 0 Å². The average molecular weight is 425 g/mol. The summed E-state index contributed by atoms with van der Waals surface area (Å²) in [6.45, 7) is 1.64. The molecule has 2 aliphatic rings. The van der Waals surface area contributed by atoms with Crippen molar-refractivity contribution in [1.82, 2.24) is 14.5 Å². The normalized spacial score (nSPS) is 15.9. The number of aryl methyl sites for hydroxylation is 3. The lowest BCUT2D eigenvalue weighted by Gasteiger charge is -2.14. The zero-order valence-corrected chi connectivity index (χ0v) is 17.6. The van der Waals surface area contributed by atoms with E-state index in [0.717, 1.165) is 52.3 Å². The summed E-state index contributed by atoms with van der Waals surface area (Å²) in [6.07, 6.45) is 6.68. The maximum Gasteiger partial charge on any atom is 0.259 e. The Hall–Kier alpha value is -3.64. The number of rotatable bonds is 5. The zero-order chi connectivity index (χ0) is 21.8. The highest BCUT2D eigenvalue weighted by Gasteiger charge is 2.35. The molecule has 0 saturated heterocycles. The van der Waals surface area contributed by atoms with Crippen LogP contribution in [0.3, 0.4) is 0 Å². The molecule has 0 spiro atoms. The minimum atomic E-state index is -0.359.